The van der Waals surface area contributed by atoms with Crippen LogP contribution in [0.25, 0.3) is 0 Å². The molecule has 0 spiro atoms. The van der Waals surface area contributed by atoms with E-state index in [1.165, 1.54) is 25.7 Å². The van der Waals surface area contributed by atoms with E-state index in [1.54, 1.807) is 0 Å². The Bertz CT molecular complexity index is 801. The Hall–Kier alpha value is -2.76. The molecule has 0 bridgehead atoms. The molecule has 1 aromatic heterocycles. The highest BCUT2D eigenvalue weighted by Gasteiger charge is 2.33. The highest BCUT2D eigenvalue weighted by molar-refractivity contribution is 5.82. The van der Waals surface area contributed by atoms with Crippen molar-refractivity contribution in [1.29, 1.82) is 0 Å². The van der Waals surface area contributed by atoms with Gasteiger partial charge in [-0.15, -0.1) is 0 Å². The fourth-order valence-electron chi connectivity index (χ4n) is 3.70. The molecule has 0 unspecified atom stereocenters. The predicted octanol–water partition coefficient (Wildman–Crippen LogP) is 3.31. The number of amides is 1. The molecule has 0 radical (unpaired) electrons. The van der Waals surface area contributed by atoms with Crippen LogP contribution in [0.15, 0.2) is 42.6 Å². The molecule has 6 nitrogen and oxygen atoms in total. The van der Waals surface area contributed by atoms with E-state index in [0.717, 1.165) is 24.5 Å². The molecule has 148 valence electrons. The summed E-state index contributed by atoms with van der Waals surface area (Å²) in [6.45, 7) is 4.40. The summed E-state index contributed by atoms with van der Waals surface area (Å²) in [6, 6.07) is 11.5. The van der Waals surface area contributed by atoms with E-state index in [2.05, 4.69) is 15.2 Å². The lowest BCUT2D eigenvalue weighted by Crippen LogP contribution is -2.48. The molecule has 1 N–H and O–H groups in total. The van der Waals surface area contributed by atoms with Gasteiger partial charge in [-0.2, -0.15) is 0 Å². The largest absolute Gasteiger partial charge is 0.482 e. The minimum atomic E-state index is -0.667. The number of para-hydroxylation sites is 2. The van der Waals surface area contributed by atoms with E-state index >= 15 is 0 Å². The Morgan fingerprint density at radius 1 is 1.07 bits per heavy atom. The van der Waals surface area contributed by atoms with Crippen LogP contribution < -0.4 is 19.7 Å². The average molecular weight is 381 g/mol. The van der Waals surface area contributed by atoms with Gasteiger partial charge in [-0.1, -0.05) is 31.0 Å². The van der Waals surface area contributed by atoms with Gasteiger partial charge in [-0.3, -0.25) is 4.79 Å². The number of benzene rings is 1. The molecule has 0 aliphatic carbocycles. The van der Waals surface area contributed by atoms with Crippen LogP contribution in [-0.2, 0) is 11.3 Å². The molecule has 2 atom stereocenters. The molecule has 2 aliphatic rings. The van der Waals surface area contributed by atoms with Crippen LogP contribution in [-0.4, -0.2) is 36.2 Å². The number of carbonyl (C=O) groups excluding carboxylic acids is 1. The van der Waals surface area contributed by atoms with Crippen LogP contribution in [0.4, 0.5) is 5.82 Å². The van der Waals surface area contributed by atoms with E-state index in [1.807, 2.05) is 49.5 Å². The van der Waals surface area contributed by atoms with Gasteiger partial charge in [0.25, 0.3) is 5.91 Å². The first-order chi connectivity index (χ1) is 13.7. The van der Waals surface area contributed by atoms with Gasteiger partial charge in [-0.05, 0) is 43.5 Å². The summed E-state index contributed by atoms with van der Waals surface area (Å²) in [5, 5.41) is 2.94. The molecule has 1 saturated heterocycles. The van der Waals surface area contributed by atoms with Crippen molar-refractivity contribution in [3.05, 3.63) is 48.2 Å². The molecule has 28 heavy (non-hydrogen) atoms. The number of hydrogen-bond acceptors (Lipinski definition) is 5. The molecule has 2 aliphatic heterocycles. The number of pyridine rings is 1. The Balaban J connectivity index is 1.33. The van der Waals surface area contributed by atoms with Crippen molar-refractivity contribution in [1.82, 2.24) is 10.3 Å². The number of carbonyl (C=O) groups is 1. The number of nitrogens with zero attached hydrogens (tertiary/aromatic N) is 2. The summed E-state index contributed by atoms with van der Waals surface area (Å²) in [4.78, 5) is 19.5. The number of rotatable bonds is 4. The highest BCUT2D eigenvalue weighted by atomic mass is 16.6. The second kappa shape index (κ2) is 8.50. The first-order valence-electron chi connectivity index (χ1n) is 10.1. The topological polar surface area (TPSA) is 63.7 Å². The minimum absolute atomic E-state index is 0.182. The number of anilines is 1. The highest BCUT2D eigenvalue weighted by Crippen LogP contribution is 2.33. The van der Waals surface area contributed by atoms with E-state index < -0.39 is 6.10 Å². The monoisotopic (exact) mass is 381 g/mol. The van der Waals surface area contributed by atoms with Crippen molar-refractivity contribution in [2.24, 2.45) is 0 Å². The summed E-state index contributed by atoms with van der Waals surface area (Å²) in [5.74, 6) is 2.11. The number of hydrogen-bond donors (Lipinski definition) is 1. The summed E-state index contributed by atoms with van der Waals surface area (Å²) >= 11 is 0. The van der Waals surface area contributed by atoms with Crippen LogP contribution >= 0.6 is 0 Å². The summed E-state index contributed by atoms with van der Waals surface area (Å²) in [7, 11) is 0. The van der Waals surface area contributed by atoms with E-state index in [0.29, 0.717) is 18.0 Å². The van der Waals surface area contributed by atoms with Gasteiger partial charge >= 0.3 is 0 Å². The van der Waals surface area contributed by atoms with Gasteiger partial charge in [0.15, 0.2) is 11.5 Å². The lowest BCUT2D eigenvalue weighted by atomic mass is 10.1. The molecular formula is C22H27N3O3. The molecule has 2 aromatic rings. The van der Waals surface area contributed by atoms with Gasteiger partial charge in [0, 0.05) is 25.8 Å². The summed E-state index contributed by atoms with van der Waals surface area (Å²) < 4.78 is 11.7. The van der Waals surface area contributed by atoms with E-state index in [4.69, 9.17) is 9.47 Å². The van der Waals surface area contributed by atoms with Crippen LogP contribution in [0.5, 0.6) is 11.5 Å². The van der Waals surface area contributed by atoms with Crippen LogP contribution in [0, 0.1) is 0 Å². The zero-order valence-electron chi connectivity index (χ0n) is 16.3. The fourth-order valence-corrected chi connectivity index (χ4v) is 3.70. The quantitative estimate of drug-likeness (QED) is 0.880. The van der Waals surface area contributed by atoms with E-state index in [-0.39, 0.29) is 12.0 Å². The first kappa shape index (κ1) is 18.6. The Morgan fingerprint density at radius 3 is 2.46 bits per heavy atom. The lowest BCUT2D eigenvalue weighted by molar-refractivity contribution is -0.133. The Kier molecular flexibility index (Phi) is 5.65. The third kappa shape index (κ3) is 4.21. The number of ether oxygens (including phenoxy) is 2. The molecular weight excluding hydrogens is 354 g/mol. The third-order valence-electron chi connectivity index (χ3n) is 5.31. The second-order valence-corrected chi connectivity index (χ2v) is 7.45. The van der Waals surface area contributed by atoms with Crippen molar-refractivity contribution in [3.8, 4) is 11.5 Å². The molecule has 1 aromatic carbocycles. The van der Waals surface area contributed by atoms with Gasteiger partial charge in [0.2, 0.25) is 6.10 Å². The van der Waals surface area contributed by atoms with Crippen LogP contribution in [0.1, 0.15) is 38.2 Å². The molecule has 1 amide bonds. The van der Waals surface area contributed by atoms with E-state index in [9.17, 15) is 4.79 Å². The fraction of sp³-hybridized carbons (Fsp3) is 0.455. The standard InChI is InChI=1S/C22H27N3O3/c1-16-21(28-19-9-5-4-8-18(19)27-16)22(26)24-15-17-10-11-20(23-14-17)25-12-6-2-3-7-13-25/h4-5,8-11,14,16,21H,2-3,6-7,12-13,15H2,1H3,(H,24,26)/t16-,21+/m1/s1. The van der Waals surface area contributed by atoms with Gasteiger partial charge in [-0.25, -0.2) is 4.98 Å². The molecule has 4 rings (SSSR count). The second-order valence-electron chi connectivity index (χ2n) is 7.45. The normalized spacial score (nSPS) is 21.7. The zero-order chi connectivity index (χ0) is 19.3. The van der Waals surface area contributed by atoms with Gasteiger partial charge in [0.05, 0.1) is 0 Å². The third-order valence-corrected chi connectivity index (χ3v) is 5.31. The smallest absolute Gasteiger partial charge is 0.265 e. The Labute approximate surface area is 165 Å². The molecule has 1 fully saturated rings. The zero-order valence-corrected chi connectivity index (χ0v) is 16.3. The number of aromatic nitrogens is 1. The van der Waals surface area contributed by atoms with Crippen LogP contribution in [0.2, 0.25) is 0 Å². The van der Waals surface area contributed by atoms with Crippen LogP contribution in [0.3, 0.4) is 0 Å². The lowest BCUT2D eigenvalue weighted by Gasteiger charge is -2.31. The number of nitrogens with one attached hydrogen (secondary N) is 1. The van der Waals surface area contributed by atoms with Crippen molar-refractivity contribution < 1.29 is 14.3 Å². The molecule has 0 saturated carbocycles. The Morgan fingerprint density at radius 2 is 1.79 bits per heavy atom. The van der Waals surface area contributed by atoms with Gasteiger partial charge < -0.3 is 19.7 Å². The maximum absolute atomic E-state index is 12.6. The van der Waals surface area contributed by atoms with Crippen molar-refractivity contribution in [2.45, 2.75) is 51.4 Å². The summed E-state index contributed by atoms with van der Waals surface area (Å²) in [5.41, 5.74) is 0.969. The summed E-state index contributed by atoms with van der Waals surface area (Å²) in [6.07, 6.45) is 5.89. The van der Waals surface area contributed by atoms with Gasteiger partial charge in [0.1, 0.15) is 11.9 Å². The maximum atomic E-state index is 12.6. The first-order valence-corrected chi connectivity index (χ1v) is 10.1. The predicted molar refractivity (Wildman–Crippen MR) is 108 cm³/mol. The molecule has 3 heterocycles. The van der Waals surface area contributed by atoms with Crippen molar-refractivity contribution in [2.75, 3.05) is 18.0 Å². The molecule has 6 heteroatoms. The SMILES string of the molecule is C[C@H]1Oc2ccccc2O[C@@H]1C(=O)NCc1ccc(N2CCCCCC2)nc1. The minimum Gasteiger partial charge on any atom is -0.482 e. The van der Waals surface area contributed by atoms with Crippen molar-refractivity contribution >= 4 is 11.7 Å². The average Bonchev–Trinajstić information content (AvgIpc) is 3.01. The number of fused-ring (bicyclic) bond motifs is 1. The maximum Gasteiger partial charge on any atom is 0.265 e. The van der Waals surface area contributed by atoms with Crippen molar-refractivity contribution in [3.63, 3.8) is 0 Å².